The maximum atomic E-state index is 12.7. The highest BCUT2D eigenvalue weighted by Gasteiger charge is 2.13. The third-order valence-electron chi connectivity index (χ3n) is 4.66. The van der Waals surface area contributed by atoms with E-state index >= 15 is 0 Å². The normalized spacial score (nSPS) is 10.9. The van der Waals surface area contributed by atoms with Crippen molar-refractivity contribution in [1.29, 1.82) is 0 Å². The van der Waals surface area contributed by atoms with Crippen molar-refractivity contribution in [2.45, 2.75) is 20.4 Å². The molecule has 0 bridgehead atoms. The molecule has 0 fully saturated rings. The topological polar surface area (TPSA) is 75.6 Å². The molecule has 1 amide bonds. The van der Waals surface area contributed by atoms with Gasteiger partial charge >= 0.3 is 0 Å². The molecule has 4 aromatic rings. The standard InChI is InChI=1S/C22H19Cl2N5O/c1-13-8-14(2)29(28-13)12-15-4-3-5-17(9-15)25-22(30)21-11-20(26-27-21)16-6-7-18(23)19(24)10-16/h3-11H,12H2,1-2H3,(H,25,30)(H,26,27). The Morgan fingerprint density at radius 3 is 2.63 bits per heavy atom. The van der Waals surface area contributed by atoms with Crippen LogP contribution in [0, 0.1) is 13.8 Å². The Hall–Kier alpha value is -3.09. The summed E-state index contributed by atoms with van der Waals surface area (Å²) in [6.45, 7) is 4.63. The summed E-state index contributed by atoms with van der Waals surface area (Å²) in [5, 5.41) is 15.3. The fourth-order valence-corrected chi connectivity index (χ4v) is 3.49. The second-order valence-electron chi connectivity index (χ2n) is 7.03. The zero-order valence-corrected chi connectivity index (χ0v) is 17.9. The van der Waals surface area contributed by atoms with Gasteiger partial charge in [0.05, 0.1) is 28.0 Å². The van der Waals surface area contributed by atoms with E-state index in [1.807, 2.05) is 48.9 Å². The van der Waals surface area contributed by atoms with Gasteiger partial charge in [0.15, 0.2) is 0 Å². The number of benzene rings is 2. The van der Waals surface area contributed by atoms with E-state index < -0.39 is 0 Å². The molecule has 0 aliphatic carbocycles. The minimum Gasteiger partial charge on any atom is -0.321 e. The molecule has 0 atom stereocenters. The lowest BCUT2D eigenvalue weighted by atomic mass is 10.1. The molecule has 152 valence electrons. The number of aromatic nitrogens is 4. The van der Waals surface area contributed by atoms with Gasteiger partial charge in [-0.25, -0.2) is 0 Å². The van der Waals surface area contributed by atoms with E-state index in [-0.39, 0.29) is 5.91 Å². The molecule has 0 saturated heterocycles. The Kier molecular flexibility index (Phi) is 5.61. The van der Waals surface area contributed by atoms with Gasteiger partial charge in [-0.1, -0.05) is 41.4 Å². The quantitative estimate of drug-likeness (QED) is 0.431. The van der Waals surface area contributed by atoms with Crippen LogP contribution in [0.15, 0.2) is 54.6 Å². The first-order valence-corrected chi connectivity index (χ1v) is 10.1. The number of anilines is 1. The van der Waals surface area contributed by atoms with Crippen LogP contribution in [0.1, 0.15) is 27.4 Å². The largest absolute Gasteiger partial charge is 0.321 e. The smallest absolute Gasteiger partial charge is 0.273 e. The van der Waals surface area contributed by atoms with Crippen LogP contribution in [0.5, 0.6) is 0 Å². The maximum Gasteiger partial charge on any atom is 0.273 e. The molecule has 30 heavy (non-hydrogen) atoms. The number of rotatable bonds is 5. The SMILES string of the molecule is Cc1cc(C)n(Cc2cccc(NC(=O)c3cc(-c4ccc(Cl)c(Cl)c4)n[nH]3)c2)n1. The van der Waals surface area contributed by atoms with E-state index in [1.54, 1.807) is 24.3 Å². The highest BCUT2D eigenvalue weighted by atomic mass is 35.5. The Labute approximate surface area is 183 Å². The van der Waals surface area contributed by atoms with Crippen molar-refractivity contribution in [1.82, 2.24) is 20.0 Å². The van der Waals surface area contributed by atoms with Gasteiger partial charge in [0.2, 0.25) is 0 Å². The van der Waals surface area contributed by atoms with Gasteiger partial charge in [-0.3, -0.25) is 14.6 Å². The Bertz CT molecular complexity index is 1230. The number of hydrogen-bond acceptors (Lipinski definition) is 3. The third-order valence-corrected chi connectivity index (χ3v) is 5.40. The van der Waals surface area contributed by atoms with Gasteiger partial charge in [0.1, 0.15) is 5.69 Å². The van der Waals surface area contributed by atoms with Crippen molar-refractivity contribution in [2.24, 2.45) is 0 Å². The summed E-state index contributed by atoms with van der Waals surface area (Å²) in [6, 6.07) is 16.6. The number of H-pyrrole nitrogens is 1. The summed E-state index contributed by atoms with van der Waals surface area (Å²) in [4.78, 5) is 12.7. The molecule has 0 unspecified atom stereocenters. The lowest BCUT2D eigenvalue weighted by Crippen LogP contribution is -2.13. The van der Waals surface area contributed by atoms with E-state index in [4.69, 9.17) is 23.2 Å². The average molecular weight is 440 g/mol. The van der Waals surface area contributed by atoms with Crippen LogP contribution in [0.25, 0.3) is 11.3 Å². The minimum absolute atomic E-state index is 0.280. The lowest BCUT2D eigenvalue weighted by Gasteiger charge is -2.08. The van der Waals surface area contributed by atoms with Gasteiger partial charge < -0.3 is 5.32 Å². The highest BCUT2D eigenvalue weighted by molar-refractivity contribution is 6.42. The van der Waals surface area contributed by atoms with Crippen LogP contribution in [0.3, 0.4) is 0 Å². The van der Waals surface area contributed by atoms with Crippen LogP contribution >= 0.6 is 23.2 Å². The summed E-state index contributed by atoms with van der Waals surface area (Å²) in [7, 11) is 0. The molecule has 2 N–H and O–H groups in total. The number of nitrogens with one attached hydrogen (secondary N) is 2. The summed E-state index contributed by atoms with van der Waals surface area (Å²) < 4.78 is 1.94. The van der Waals surface area contributed by atoms with Gasteiger partial charge in [0.25, 0.3) is 5.91 Å². The van der Waals surface area contributed by atoms with Crippen molar-refractivity contribution >= 4 is 34.8 Å². The van der Waals surface area contributed by atoms with Gasteiger partial charge in [-0.15, -0.1) is 0 Å². The monoisotopic (exact) mass is 439 g/mol. The molecule has 4 rings (SSSR count). The van der Waals surface area contributed by atoms with Crippen LogP contribution < -0.4 is 5.32 Å². The van der Waals surface area contributed by atoms with E-state index in [0.29, 0.717) is 33.7 Å². The van der Waals surface area contributed by atoms with Crippen LogP contribution in [0.4, 0.5) is 5.69 Å². The number of halogens is 2. The van der Waals surface area contributed by atoms with Crippen molar-refractivity contribution in [3.05, 3.63) is 87.3 Å². The third kappa shape index (κ3) is 4.40. The summed E-state index contributed by atoms with van der Waals surface area (Å²) in [5.74, 6) is -0.280. The summed E-state index contributed by atoms with van der Waals surface area (Å²) in [5.41, 5.74) is 5.54. The minimum atomic E-state index is -0.280. The zero-order valence-electron chi connectivity index (χ0n) is 16.4. The number of amides is 1. The maximum absolute atomic E-state index is 12.7. The molecule has 0 saturated carbocycles. The van der Waals surface area contributed by atoms with E-state index in [9.17, 15) is 4.79 Å². The first kappa shape index (κ1) is 20.2. The molecule has 2 heterocycles. The number of nitrogens with zero attached hydrogens (tertiary/aromatic N) is 3. The number of aryl methyl sites for hydroxylation is 2. The van der Waals surface area contributed by atoms with Crippen molar-refractivity contribution in [2.75, 3.05) is 5.32 Å². The van der Waals surface area contributed by atoms with Crippen molar-refractivity contribution < 1.29 is 4.79 Å². The van der Waals surface area contributed by atoms with Gasteiger partial charge in [-0.05, 0) is 55.8 Å². The molecule has 2 aromatic heterocycles. The Morgan fingerprint density at radius 2 is 1.90 bits per heavy atom. The number of aromatic amines is 1. The van der Waals surface area contributed by atoms with Crippen LogP contribution in [0.2, 0.25) is 10.0 Å². The summed E-state index contributed by atoms with van der Waals surface area (Å²) >= 11 is 12.0. The molecule has 6 nitrogen and oxygen atoms in total. The zero-order chi connectivity index (χ0) is 21.3. The van der Waals surface area contributed by atoms with Gasteiger partial charge in [-0.2, -0.15) is 10.2 Å². The summed E-state index contributed by atoms with van der Waals surface area (Å²) in [6.07, 6.45) is 0. The van der Waals surface area contributed by atoms with Crippen LogP contribution in [-0.4, -0.2) is 25.9 Å². The second-order valence-corrected chi connectivity index (χ2v) is 7.85. The lowest BCUT2D eigenvalue weighted by molar-refractivity contribution is 0.102. The Balaban J connectivity index is 1.48. The predicted molar refractivity (Wildman–Crippen MR) is 119 cm³/mol. The van der Waals surface area contributed by atoms with Crippen molar-refractivity contribution in [3.8, 4) is 11.3 Å². The number of hydrogen-bond donors (Lipinski definition) is 2. The molecule has 0 spiro atoms. The van der Waals surface area contributed by atoms with Gasteiger partial charge in [0, 0.05) is 16.9 Å². The van der Waals surface area contributed by atoms with Crippen molar-refractivity contribution in [3.63, 3.8) is 0 Å². The highest BCUT2D eigenvalue weighted by Crippen LogP contribution is 2.28. The first-order chi connectivity index (χ1) is 14.4. The fraction of sp³-hybridized carbons (Fsp3) is 0.136. The molecule has 0 radical (unpaired) electrons. The molecule has 2 aromatic carbocycles. The predicted octanol–water partition coefficient (Wildman–Crippen LogP) is 5.50. The molecular weight excluding hydrogens is 421 g/mol. The Morgan fingerprint density at radius 1 is 1.07 bits per heavy atom. The van der Waals surface area contributed by atoms with E-state index in [0.717, 1.165) is 22.5 Å². The first-order valence-electron chi connectivity index (χ1n) is 9.31. The second kappa shape index (κ2) is 8.34. The molecular formula is C22H19Cl2N5O. The number of carbonyl (C=O) groups is 1. The number of carbonyl (C=O) groups excluding carboxylic acids is 1. The molecule has 0 aliphatic heterocycles. The fourth-order valence-electron chi connectivity index (χ4n) is 3.20. The molecule has 0 aliphatic rings. The molecule has 8 heteroatoms. The average Bonchev–Trinajstić information content (AvgIpc) is 3.31. The van der Waals surface area contributed by atoms with E-state index in [2.05, 4.69) is 20.6 Å². The van der Waals surface area contributed by atoms with Crippen LogP contribution in [-0.2, 0) is 6.54 Å². The van der Waals surface area contributed by atoms with E-state index in [1.165, 1.54) is 0 Å².